The minimum atomic E-state index is -0.0208. The monoisotopic (exact) mass is 192 g/mol. The molecule has 0 amide bonds. The van der Waals surface area contributed by atoms with Gasteiger partial charge in [-0.2, -0.15) is 0 Å². The molecule has 0 aliphatic heterocycles. The van der Waals surface area contributed by atoms with Crippen molar-refractivity contribution in [2.24, 2.45) is 23.2 Å². The van der Waals surface area contributed by atoms with Gasteiger partial charge < -0.3 is 0 Å². The third kappa shape index (κ3) is 1.04. The normalized spacial score (nSPS) is 41.8. The molecule has 2 rings (SSSR count). The van der Waals surface area contributed by atoms with Gasteiger partial charge in [0.15, 0.2) is 0 Å². The third-order valence-corrected chi connectivity index (χ3v) is 4.53. The first-order chi connectivity index (χ1) is 6.48. The Morgan fingerprint density at radius 1 is 1.50 bits per heavy atom. The van der Waals surface area contributed by atoms with Gasteiger partial charge in [0, 0.05) is 11.8 Å². The molecule has 0 saturated heterocycles. The van der Waals surface area contributed by atoms with Gasteiger partial charge in [0.1, 0.15) is 5.78 Å². The van der Waals surface area contributed by atoms with E-state index in [9.17, 15) is 4.79 Å². The molecule has 78 valence electrons. The zero-order valence-electron chi connectivity index (χ0n) is 9.63. The maximum Gasteiger partial charge on any atom is 0.140 e. The van der Waals surface area contributed by atoms with Gasteiger partial charge in [-0.1, -0.05) is 32.4 Å². The van der Waals surface area contributed by atoms with Crippen molar-refractivity contribution in [1.29, 1.82) is 0 Å². The summed E-state index contributed by atoms with van der Waals surface area (Å²) in [5.41, 5.74) is 1.43. The molecular weight excluding hydrogens is 172 g/mol. The third-order valence-electron chi connectivity index (χ3n) is 4.53. The average molecular weight is 192 g/mol. The molecule has 14 heavy (non-hydrogen) atoms. The van der Waals surface area contributed by atoms with Crippen molar-refractivity contribution in [1.82, 2.24) is 0 Å². The number of ketones is 1. The smallest absolute Gasteiger partial charge is 0.140 e. The molecule has 1 nitrogen and oxygen atoms in total. The molecule has 2 aliphatic carbocycles. The Kier molecular flexibility index (Phi) is 2.09. The summed E-state index contributed by atoms with van der Waals surface area (Å²) in [4.78, 5) is 11.8. The topological polar surface area (TPSA) is 17.1 Å². The van der Waals surface area contributed by atoms with Crippen molar-refractivity contribution in [3.63, 3.8) is 0 Å². The van der Waals surface area contributed by atoms with Gasteiger partial charge in [-0.3, -0.25) is 4.79 Å². The van der Waals surface area contributed by atoms with Crippen LogP contribution in [0.2, 0.25) is 0 Å². The van der Waals surface area contributed by atoms with Crippen LogP contribution in [0.1, 0.15) is 40.5 Å². The van der Waals surface area contributed by atoms with Crippen molar-refractivity contribution in [2.75, 3.05) is 0 Å². The molecule has 0 spiro atoms. The van der Waals surface area contributed by atoms with Crippen molar-refractivity contribution in [3.8, 4) is 0 Å². The van der Waals surface area contributed by atoms with E-state index in [1.165, 1.54) is 5.57 Å². The van der Waals surface area contributed by atoms with Crippen LogP contribution in [-0.2, 0) is 4.79 Å². The van der Waals surface area contributed by atoms with E-state index in [0.717, 1.165) is 12.8 Å². The van der Waals surface area contributed by atoms with Crippen LogP contribution >= 0.6 is 0 Å². The molecule has 2 aliphatic rings. The van der Waals surface area contributed by atoms with Crippen molar-refractivity contribution >= 4 is 5.78 Å². The second-order valence-corrected chi connectivity index (χ2v) is 5.50. The van der Waals surface area contributed by atoms with Gasteiger partial charge in [0.2, 0.25) is 0 Å². The number of allylic oxidation sites excluding steroid dienone is 2. The highest BCUT2D eigenvalue weighted by Crippen LogP contribution is 2.57. The van der Waals surface area contributed by atoms with E-state index >= 15 is 0 Å². The first-order valence-electron chi connectivity index (χ1n) is 5.68. The lowest BCUT2D eigenvalue weighted by atomic mass is 9.47. The summed E-state index contributed by atoms with van der Waals surface area (Å²) < 4.78 is 0. The van der Waals surface area contributed by atoms with Gasteiger partial charge in [-0.15, -0.1) is 0 Å². The minimum Gasteiger partial charge on any atom is -0.299 e. The summed E-state index contributed by atoms with van der Waals surface area (Å²) in [6, 6.07) is 0. The molecule has 0 aromatic rings. The molecule has 1 saturated carbocycles. The molecule has 2 unspecified atom stereocenters. The Labute approximate surface area is 86.6 Å². The minimum absolute atomic E-state index is 0.0208. The highest BCUT2D eigenvalue weighted by Gasteiger charge is 2.57. The number of carbonyl (C=O) groups is 1. The molecule has 1 heteroatoms. The Balaban J connectivity index is 2.35. The fourth-order valence-electron chi connectivity index (χ4n) is 3.44. The van der Waals surface area contributed by atoms with Gasteiger partial charge >= 0.3 is 0 Å². The summed E-state index contributed by atoms with van der Waals surface area (Å²) in [5.74, 6) is 2.23. The Hall–Kier alpha value is -0.590. The lowest BCUT2D eigenvalue weighted by molar-refractivity contribution is -0.150. The summed E-state index contributed by atoms with van der Waals surface area (Å²) in [5, 5.41) is 0. The van der Waals surface area contributed by atoms with E-state index in [1.807, 2.05) is 0 Å². The fourth-order valence-corrected chi connectivity index (χ4v) is 3.44. The largest absolute Gasteiger partial charge is 0.299 e. The maximum absolute atomic E-state index is 11.8. The molecule has 0 aromatic heterocycles. The zero-order valence-corrected chi connectivity index (χ0v) is 9.63. The molecule has 0 bridgehead atoms. The van der Waals surface area contributed by atoms with Crippen molar-refractivity contribution in [2.45, 2.75) is 40.5 Å². The fraction of sp³-hybridized carbons (Fsp3) is 0.769. The molecule has 0 N–H and O–H groups in total. The first-order valence-corrected chi connectivity index (χ1v) is 5.68. The van der Waals surface area contributed by atoms with Gasteiger partial charge in [0.05, 0.1) is 0 Å². The molecule has 0 aromatic carbocycles. The molecule has 0 radical (unpaired) electrons. The molecule has 3 atom stereocenters. The quantitative estimate of drug-likeness (QED) is 0.583. The standard InChI is InChI=1S/C13H20O/c1-8(2)10-6-5-9(3)11-7-12(14)13(10,11)4/h5,8,10-11H,6-7H2,1-4H3/t10-,11?,13?/m1/s1. The van der Waals surface area contributed by atoms with E-state index < -0.39 is 0 Å². The van der Waals surface area contributed by atoms with Crippen LogP contribution in [0.25, 0.3) is 0 Å². The SMILES string of the molecule is CC1=CC[C@H](C(C)C)C2(C)C(=O)CC12. The molecule has 0 heterocycles. The molecule has 1 fully saturated rings. The Bertz CT molecular complexity index is 300. The van der Waals surface area contributed by atoms with E-state index in [0.29, 0.717) is 23.5 Å². The Morgan fingerprint density at radius 2 is 2.14 bits per heavy atom. The van der Waals surface area contributed by atoms with Gasteiger partial charge in [0.25, 0.3) is 0 Å². The lowest BCUT2D eigenvalue weighted by Gasteiger charge is -2.54. The average Bonchev–Trinajstić information content (AvgIpc) is 2.11. The highest BCUT2D eigenvalue weighted by molar-refractivity contribution is 5.92. The van der Waals surface area contributed by atoms with Crippen LogP contribution in [0.5, 0.6) is 0 Å². The zero-order chi connectivity index (χ0) is 10.5. The van der Waals surface area contributed by atoms with Crippen LogP contribution < -0.4 is 0 Å². The second kappa shape index (κ2) is 2.95. The predicted molar refractivity (Wildman–Crippen MR) is 57.9 cm³/mol. The van der Waals surface area contributed by atoms with Crippen LogP contribution in [-0.4, -0.2) is 5.78 Å². The van der Waals surface area contributed by atoms with Gasteiger partial charge in [-0.25, -0.2) is 0 Å². The van der Waals surface area contributed by atoms with Crippen molar-refractivity contribution in [3.05, 3.63) is 11.6 Å². The summed E-state index contributed by atoms with van der Waals surface area (Å²) in [7, 11) is 0. The van der Waals surface area contributed by atoms with E-state index in [2.05, 4.69) is 33.8 Å². The lowest BCUT2D eigenvalue weighted by Crippen LogP contribution is -2.55. The van der Waals surface area contributed by atoms with Crippen LogP contribution in [0.3, 0.4) is 0 Å². The second-order valence-electron chi connectivity index (χ2n) is 5.50. The number of rotatable bonds is 1. The number of Topliss-reactive ketones (excluding diaryl/α,β-unsaturated/α-hetero) is 1. The highest BCUT2D eigenvalue weighted by atomic mass is 16.1. The number of fused-ring (bicyclic) bond motifs is 1. The van der Waals surface area contributed by atoms with Crippen LogP contribution in [0.4, 0.5) is 0 Å². The summed E-state index contributed by atoms with van der Waals surface area (Å²) >= 11 is 0. The Morgan fingerprint density at radius 3 is 2.64 bits per heavy atom. The predicted octanol–water partition coefficient (Wildman–Crippen LogP) is 3.20. The van der Waals surface area contributed by atoms with E-state index in [4.69, 9.17) is 0 Å². The summed E-state index contributed by atoms with van der Waals surface area (Å²) in [6.45, 7) is 8.86. The van der Waals surface area contributed by atoms with Crippen LogP contribution in [0, 0.1) is 23.2 Å². The van der Waals surface area contributed by atoms with E-state index in [1.54, 1.807) is 0 Å². The van der Waals surface area contributed by atoms with Crippen LogP contribution in [0.15, 0.2) is 11.6 Å². The van der Waals surface area contributed by atoms with Crippen molar-refractivity contribution < 1.29 is 4.79 Å². The van der Waals surface area contributed by atoms with Gasteiger partial charge in [-0.05, 0) is 31.1 Å². The maximum atomic E-state index is 11.8. The number of carbonyl (C=O) groups excluding carboxylic acids is 1. The summed E-state index contributed by atoms with van der Waals surface area (Å²) in [6.07, 6.45) is 4.24. The number of hydrogen-bond donors (Lipinski definition) is 0. The molecular formula is C13H20O. The number of hydrogen-bond acceptors (Lipinski definition) is 1. The van der Waals surface area contributed by atoms with E-state index in [-0.39, 0.29) is 5.41 Å². The first kappa shape index (κ1) is 9.95.